The Morgan fingerprint density at radius 3 is 2.43 bits per heavy atom. The van der Waals surface area contributed by atoms with Gasteiger partial charge in [0.1, 0.15) is 0 Å². The number of amides is 2. The summed E-state index contributed by atoms with van der Waals surface area (Å²) in [4.78, 5) is 25.2. The van der Waals surface area contributed by atoms with E-state index >= 15 is 0 Å². The Labute approximate surface area is 180 Å². The summed E-state index contributed by atoms with van der Waals surface area (Å²) in [5, 5.41) is 5.43. The van der Waals surface area contributed by atoms with Gasteiger partial charge in [0.25, 0.3) is 0 Å². The third-order valence-electron chi connectivity index (χ3n) is 4.58. The smallest absolute Gasteiger partial charge is 0.338 e. The number of benzene rings is 2. The molecule has 0 aromatic heterocycles. The Kier molecular flexibility index (Phi) is 6.48. The molecule has 2 aromatic carbocycles. The Balaban J connectivity index is 2.11. The summed E-state index contributed by atoms with van der Waals surface area (Å²) in [5.41, 5.74) is 1.33. The molecule has 7 nitrogen and oxygen atoms in total. The zero-order valence-electron chi connectivity index (χ0n) is 16.4. The minimum absolute atomic E-state index is 0.000219. The van der Waals surface area contributed by atoms with Crippen molar-refractivity contribution in [3.63, 3.8) is 0 Å². The highest BCUT2D eigenvalue weighted by molar-refractivity contribution is 7.91. The summed E-state index contributed by atoms with van der Waals surface area (Å²) in [6.45, 7) is 3.57. The lowest BCUT2D eigenvalue weighted by atomic mass is 9.95. The van der Waals surface area contributed by atoms with Crippen LogP contribution in [0.15, 0.2) is 64.7 Å². The molecule has 9 heteroatoms. The van der Waals surface area contributed by atoms with Gasteiger partial charge in [-0.25, -0.2) is 18.0 Å². The van der Waals surface area contributed by atoms with Gasteiger partial charge in [-0.2, -0.15) is 0 Å². The van der Waals surface area contributed by atoms with Crippen molar-refractivity contribution in [3.05, 3.63) is 76.0 Å². The predicted octanol–water partition coefficient (Wildman–Crippen LogP) is 3.29. The van der Waals surface area contributed by atoms with Crippen LogP contribution in [0.4, 0.5) is 4.79 Å². The number of urea groups is 1. The van der Waals surface area contributed by atoms with Crippen LogP contribution < -0.4 is 10.6 Å². The van der Waals surface area contributed by atoms with Gasteiger partial charge in [-0.05, 0) is 37.6 Å². The molecule has 1 aliphatic rings. The summed E-state index contributed by atoms with van der Waals surface area (Å²) < 4.78 is 31.1. The van der Waals surface area contributed by atoms with E-state index in [4.69, 9.17) is 16.3 Å². The van der Waals surface area contributed by atoms with Crippen LogP contribution in [0, 0.1) is 6.92 Å². The number of aryl methyl sites for hydroxylation is 1. The lowest BCUT2D eigenvalue weighted by Gasteiger charge is -2.29. The van der Waals surface area contributed by atoms with Gasteiger partial charge in [-0.3, -0.25) is 0 Å². The molecule has 0 bridgehead atoms. The minimum atomic E-state index is -3.84. The zero-order valence-corrected chi connectivity index (χ0v) is 18.0. The Morgan fingerprint density at radius 2 is 1.80 bits per heavy atom. The van der Waals surface area contributed by atoms with Gasteiger partial charge in [0.2, 0.25) is 0 Å². The van der Waals surface area contributed by atoms with Crippen LogP contribution in [-0.2, 0) is 19.4 Å². The molecule has 0 saturated carbocycles. The maximum atomic E-state index is 13.0. The first kappa shape index (κ1) is 21.9. The van der Waals surface area contributed by atoms with Gasteiger partial charge < -0.3 is 15.4 Å². The number of sulfone groups is 1. The highest BCUT2D eigenvalue weighted by Crippen LogP contribution is 2.33. The molecule has 0 saturated heterocycles. The fourth-order valence-electron chi connectivity index (χ4n) is 3.14. The molecule has 158 valence electrons. The number of carbonyl (C=O) groups is 2. The number of nitrogens with one attached hydrogen (secondary N) is 2. The number of halogens is 1. The molecule has 0 spiro atoms. The summed E-state index contributed by atoms with van der Waals surface area (Å²) in [6.07, 6.45) is 0. The number of hydrogen-bond acceptors (Lipinski definition) is 5. The molecule has 2 aromatic rings. The fraction of sp³-hybridized carbons (Fsp3) is 0.238. The summed E-state index contributed by atoms with van der Waals surface area (Å²) in [6, 6.07) is 11.5. The molecule has 2 amide bonds. The van der Waals surface area contributed by atoms with E-state index < -0.39 is 33.6 Å². The maximum absolute atomic E-state index is 13.0. The van der Waals surface area contributed by atoms with Crippen molar-refractivity contribution in [1.82, 2.24) is 10.6 Å². The van der Waals surface area contributed by atoms with Gasteiger partial charge in [-0.15, -0.1) is 0 Å². The molecule has 3 rings (SSSR count). The number of ether oxygens (including phenoxy) is 1. The molecule has 1 aliphatic heterocycles. The average Bonchev–Trinajstić information content (AvgIpc) is 2.68. The fourth-order valence-corrected chi connectivity index (χ4v) is 4.71. The van der Waals surface area contributed by atoms with Crippen LogP contribution in [-0.4, -0.2) is 32.8 Å². The normalized spacial score (nSPS) is 16.6. The quantitative estimate of drug-likeness (QED) is 0.660. The predicted molar refractivity (Wildman–Crippen MR) is 113 cm³/mol. The molecule has 1 unspecified atom stereocenters. The van der Waals surface area contributed by atoms with Crippen molar-refractivity contribution in [2.75, 3.05) is 12.4 Å². The van der Waals surface area contributed by atoms with E-state index in [-0.39, 0.29) is 22.8 Å². The molecule has 0 radical (unpaired) electrons. The van der Waals surface area contributed by atoms with E-state index in [1.807, 2.05) is 6.92 Å². The van der Waals surface area contributed by atoms with E-state index in [1.165, 1.54) is 12.1 Å². The summed E-state index contributed by atoms with van der Waals surface area (Å²) >= 11 is 6.28. The molecule has 1 atom stereocenters. The summed E-state index contributed by atoms with van der Waals surface area (Å²) in [7, 11) is -3.84. The third-order valence-corrected chi connectivity index (χ3v) is 6.58. The SMILES string of the molecule is CCOC(=O)C1=C(CS(=O)(=O)c2ccc(C)cc2)NC(=O)NC1c1ccccc1Cl. The van der Waals surface area contributed by atoms with Crippen molar-refractivity contribution >= 4 is 33.4 Å². The first-order valence-electron chi connectivity index (χ1n) is 9.24. The van der Waals surface area contributed by atoms with Crippen LogP contribution in [0.3, 0.4) is 0 Å². The van der Waals surface area contributed by atoms with Crippen molar-refractivity contribution in [2.45, 2.75) is 24.8 Å². The molecular weight excluding hydrogens is 428 g/mol. The van der Waals surface area contributed by atoms with Crippen LogP contribution in [0.2, 0.25) is 5.02 Å². The summed E-state index contributed by atoms with van der Waals surface area (Å²) in [5.74, 6) is -1.30. The van der Waals surface area contributed by atoms with Crippen LogP contribution in [0.5, 0.6) is 0 Å². The lowest BCUT2D eigenvalue weighted by molar-refractivity contribution is -0.139. The lowest BCUT2D eigenvalue weighted by Crippen LogP contribution is -2.47. The molecule has 0 aliphatic carbocycles. The molecule has 30 heavy (non-hydrogen) atoms. The maximum Gasteiger partial charge on any atom is 0.338 e. The number of hydrogen-bond donors (Lipinski definition) is 2. The average molecular weight is 449 g/mol. The molecule has 1 heterocycles. The van der Waals surface area contributed by atoms with E-state index in [0.29, 0.717) is 10.6 Å². The van der Waals surface area contributed by atoms with Gasteiger partial charge in [0.15, 0.2) is 9.84 Å². The van der Waals surface area contributed by atoms with Crippen LogP contribution in [0.25, 0.3) is 0 Å². The Bertz CT molecular complexity index is 1110. The van der Waals surface area contributed by atoms with Crippen molar-refractivity contribution in [1.29, 1.82) is 0 Å². The molecular formula is C21H21ClN2O5S. The monoisotopic (exact) mass is 448 g/mol. The second kappa shape index (κ2) is 8.89. The molecule has 2 N–H and O–H groups in total. The van der Waals surface area contributed by atoms with Crippen LogP contribution in [0.1, 0.15) is 24.1 Å². The van der Waals surface area contributed by atoms with Gasteiger partial charge in [0, 0.05) is 10.7 Å². The topological polar surface area (TPSA) is 102 Å². The zero-order chi connectivity index (χ0) is 21.9. The van der Waals surface area contributed by atoms with Gasteiger partial charge >= 0.3 is 12.0 Å². The van der Waals surface area contributed by atoms with Crippen molar-refractivity contribution in [3.8, 4) is 0 Å². The second-order valence-electron chi connectivity index (χ2n) is 6.74. The van der Waals surface area contributed by atoms with Crippen LogP contribution >= 0.6 is 11.6 Å². The van der Waals surface area contributed by atoms with Gasteiger partial charge in [0.05, 0.1) is 28.9 Å². The number of rotatable bonds is 6. The third kappa shape index (κ3) is 4.66. The highest BCUT2D eigenvalue weighted by atomic mass is 35.5. The van der Waals surface area contributed by atoms with E-state index in [9.17, 15) is 18.0 Å². The number of esters is 1. The molecule has 0 fully saturated rings. The van der Waals surface area contributed by atoms with E-state index in [1.54, 1.807) is 43.3 Å². The first-order chi connectivity index (χ1) is 14.2. The number of carbonyl (C=O) groups excluding carboxylic acids is 2. The van der Waals surface area contributed by atoms with Gasteiger partial charge in [-0.1, -0.05) is 47.5 Å². The standard InChI is InChI=1S/C21H21ClN2O5S/c1-3-29-20(25)18-17(12-30(27,28)14-10-8-13(2)9-11-14)23-21(26)24-19(18)15-6-4-5-7-16(15)22/h4-11,19H,3,12H2,1-2H3,(H2,23,24,26). The highest BCUT2D eigenvalue weighted by Gasteiger charge is 2.36. The minimum Gasteiger partial charge on any atom is -0.463 e. The van der Waals surface area contributed by atoms with Crippen molar-refractivity contribution < 1.29 is 22.7 Å². The van der Waals surface area contributed by atoms with Crippen molar-refractivity contribution in [2.24, 2.45) is 0 Å². The Hall–Kier alpha value is -2.84. The Morgan fingerprint density at radius 1 is 1.13 bits per heavy atom. The largest absolute Gasteiger partial charge is 0.463 e. The van der Waals surface area contributed by atoms with E-state index in [0.717, 1.165) is 5.56 Å². The van der Waals surface area contributed by atoms with E-state index in [2.05, 4.69) is 10.6 Å². The second-order valence-corrected chi connectivity index (χ2v) is 9.13. The first-order valence-corrected chi connectivity index (χ1v) is 11.3.